The van der Waals surface area contributed by atoms with Crippen LogP contribution in [0.15, 0.2) is 18.2 Å². The van der Waals surface area contributed by atoms with E-state index in [2.05, 4.69) is 0 Å². The van der Waals surface area contributed by atoms with E-state index in [0.717, 1.165) is 0 Å². The van der Waals surface area contributed by atoms with Gasteiger partial charge in [0.2, 0.25) is 0 Å². The molecule has 0 bridgehead atoms. The maximum Gasteiger partial charge on any atom is 0.128 e. The van der Waals surface area contributed by atoms with E-state index in [1.54, 1.807) is 6.92 Å². The molecule has 1 unspecified atom stereocenters. The Labute approximate surface area is 81.7 Å². The molecule has 1 rings (SSSR count). The first kappa shape index (κ1) is 10.4. The van der Waals surface area contributed by atoms with Gasteiger partial charge in [0, 0.05) is 17.1 Å². The van der Waals surface area contributed by atoms with E-state index in [4.69, 9.17) is 23.1 Å². The van der Waals surface area contributed by atoms with Crippen LogP contribution in [0.3, 0.4) is 0 Å². The van der Waals surface area contributed by atoms with Gasteiger partial charge in [0.15, 0.2) is 0 Å². The van der Waals surface area contributed by atoms with E-state index >= 15 is 0 Å². The van der Waals surface area contributed by atoms with Crippen LogP contribution in [0.5, 0.6) is 0 Å². The predicted molar refractivity (Wildman–Crippen MR) is 52.0 cm³/mol. The molecule has 0 aliphatic carbocycles. The third-order valence-corrected chi connectivity index (χ3v) is 2.20. The van der Waals surface area contributed by atoms with Crippen LogP contribution in [0.2, 0.25) is 5.02 Å². The van der Waals surface area contributed by atoms with Crippen molar-refractivity contribution in [2.75, 3.05) is 6.54 Å². The van der Waals surface area contributed by atoms with Gasteiger partial charge in [-0.2, -0.15) is 0 Å². The van der Waals surface area contributed by atoms with Gasteiger partial charge in [-0.3, -0.25) is 0 Å². The predicted octanol–water partition coefficient (Wildman–Crippen LogP) is 1.61. The summed E-state index contributed by atoms with van der Waals surface area (Å²) >= 11 is 5.72. The van der Waals surface area contributed by atoms with Crippen LogP contribution >= 0.6 is 11.6 Å². The normalized spacial score (nSPS) is 15.5. The molecule has 2 nitrogen and oxygen atoms in total. The summed E-state index contributed by atoms with van der Waals surface area (Å²) in [4.78, 5) is 0. The minimum absolute atomic E-state index is 0.171. The van der Waals surface area contributed by atoms with Gasteiger partial charge in [0.25, 0.3) is 0 Å². The summed E-state index contributed by atoms with van der Waals surface area (Å²) in [6, 6.07) is 4.27. The van der Waals surface area contributed by atoms with Crippen molar-refractivity contribution in [3.05, 3.63) is 34.6 Å². The van der Waals surface area contributed by atoms with Crippen LogP contribution in [0, 0.1) is 5.82 Å². The van der Waals surface area contributed by atoms with Crippen molar-refractivity contribution in [2.45, 2.75) is 12.5 Å². The molecule has 0 radical (unpaired) electrons. The Balaban J connectivity index is 3.20. The summed E-state index contributed by atoms with van der Waals surface area (Å²) in [5.41, 5.74) is 10.7. The zero-order valence-corrected chi connectivity index (χ0v) is 8.11. The first-order valence-corrected chi connectivity index (χ1v) is 4.29. The highest BCUT2D eigenvalue weighted by Crippen LogP contribution is 2.23. The van der Waals surface area contributed by atoms with Crippen molar-refractivity contribution >= 4 is 11.6 Å². The second kappa shape index (κ2) is 3.62. The van der Waals surface area contributed by atoms with Crippen LogP contribution in [-0.4, -0.2) is 6.54 Å². The van der Waals surface area contributed by atoms with Gasteiger partial charge in [0.1, 0.15) is 5.82 Å². The Kier molecular flexibility index (Phi) is 2.91. The summed E-state index contributed by atoms with van der Waals surface area (Å²) < 4.78 is 13.3. The Morgan fingerprint density at radius 1 is 1.54 bits per heavy atom. The summed E-state index contributed by atoms with van der Waals surface area (Å²) in [5, 5.41) is 0.460. The van der Waals surface area contributed by atoms with Crippen LogP contribution < -0.4 is 11.5 Å². The van der Waals surface area contributed by atoms with Gasteiger partial charge in [-0.15, -0.1) is 0 Å². The summed E-state index contributed by atoms with van der Waals surface area (Å²) in [5.74, 6) is -0.375. The maximum absolute atomic E-state index is 13.3. The molecule has 0 saturated carbocycles. The Morgan fingerprint density at radius 3 is 2.69 bits per heavy atom. The lowest BCUT2D eigenvalue weighted by molar-refractivity contribution is 0.470. The lowest BCUT2D eigenvalue weighted by atomic mass is 9.93. The highest BCUT2D eigenvalue weighted by Gasteiger charge is 2.22. The largest absolute Gasteiger partial charge is 0.328 e. The van der Waals surface area contributed by atoms with Crippen molar-refractivity contribution in [2.24, 2.45) is 11.5 Å². The maximum atomic E-state index is 13.3. The number of hydrogen-bond donors (Lipinski definition) is 2. The Bertz CT molecular complexity index is 312. The number of hydrogen-bond acceptors (Lipinski definition) is 2. The zero-order valence-electron chi connectivity index (χ0n) is 7.35. The molecule has 0 heterocycles. The van der Waals surface area contributed by atoms with Gasteiger partial charge >= 0.3 is 0 Å². The van der Waals surface area contributed by atoms with Crippen LogP contribution in [-0.2, 0) is 5.54 Å². The first-order chi connectivity index (χ1) is 5.97. The summed E-state index contributed by atoms with van der Waals surface area (Å²) in [6.45, 7) is 1.84. The van der Waals surface area contributed by atoms with Crippen molar-refractivity contribution in [3.8, 4) is 0 Å². The molecule has 0 aliphatic heterocycles. The SMILES string of the molecule is CC(N)(CN)c1cc(Cl)ccc1F. The second-order valence-electron chi connectivity index (χ2n) is 3.25. The van der Waals surface area contributed by atoms with E-state index < -0.39 is 5.54 Å². The molecular formula is C9H12ClFN2. The highest BCUT2D eigenvalue weighted by atomic mass is 35.5. The molecule has 1 aromatic rings. The molecule has 4 N–H and O–H groups in total. The number of nitrogens with two attached hydrogens (primary N) is 2. The smallest absolute Gasteiger partial charge is 0.128 e. The number of halogens is 2. The molecule has 1 aromatic carbocycles. The quantitative estimate of drug-likeness (QED) is 0.766. The average molecular weight is 203 g/mol. The van der Waals surface area contributed by atoms with E-state index in [-0.39, 0.29) is 12.4 Å². The first-order valence-electron chi connectivity index (χ1n) is 3.92. The van der Waals surface area contributed by atoms with Crippen LogP contribution in [0.25, 0.3) is 0 Å². The van der Waals surface area contributed by atoms with Crippen molar-refractivity contribution < 1.29 is 4.39 Å². The molecule has 0 fully saturated rings. The fourth-order valence-electron chi connectivity index (χ4n) is 1.05. The third-order valence-electron chi connectivity index (χ3n) is 1.97. The Hall–Kier alpha value is -0.640. The van der Waals surface area contributed by atoms with Gasteiger partial charge in [-0.05, 0) is 25.1 Å². The number of rotatable bonds is 2. The third kappa shape index (κ3) is 2.18. The Morgan fingerprint density at radius 2 is 2.15 bits per heavy atom. The summed E-state index contributed by atoms with van der Waals surface area (Å²) in [7, 11) is 0. The second-order valence-corrected chi connectivity index (χ2v) is 3.68. The highest BCUT2D eigenvalue weighted by molar-refractivity contribution is 6.30. The average Bonchev–Trinajstić information content (AvgIpc) is 2.09. The fraction of sp³-hybridized carbons (Fsp3) is 0.333. The molecule has 4 heteroatoms. The lowest BCUT2D eigenvalue weighted by Gasteiger charge is -2.23. The molecule has 0 spiro atoms. The molecule has 1 atom stereocenters. The monoisotopic (exact) mass is 202 g/mol. The topological polar surface area (TPSA) is 52.0 Å². The van der Waals surface area contributed by atoms with E-state index in [0.29, 0.717) is 10.6 Å². The molecule has 0 aliphatic rings. The fourth-order valence-corrected chi connectivity index (χ4v) is 1.22. The lowest BCUT2D eigenvalue weighted by Crippen LogP contribution is -2.41. The molecular weight excluding hydrogens is 191 g/mol. The van der Waals surface area contributed by atoms with E-state index in [1.165, 1.54) is 18.2 Å². The number of benzene rings is 1. The standard InChI is InChI=1S/C9H12ClFN2/c1-9(13,5-12)7-4-6(10)2-3-8(7)11/h2-4H,5,12-13H2,1H3. The van der Waals surface area contributed by atoms with Crippen molar-refractivity contribution in [1.82, 2.24) is 0 Å². The van der Waals surface area contributed by atoms with Crippen LogP contribution in [0.4, 0.5) is 4.39 Å². The minimum Gasteiger partial charge on any atom is -0.328 e. The van der Waals surface area contributed by atoms with Gasteiger partial charge in [0.05, 0.1) is 5.54 Å². The van der Waals surface area contributed by atoms with Crippen molar-refractivity contribution in [3.63, 3.8) is 0 Å². The molecule has 0 amide bonds. The molecule has 0 aromatic heterocycles. The molecule has 72 valence electrons. The zero-order chi connectivity index (χ0) is 10.1. The summed E-state index contributed by atoms with van der Waals surface area (Å²) in [6.07, 6.45) is 0. The van der Waals surface area contributed by atoms with E-state index in [9.17, 15) is 4.39 Å². The molecule has 0 saturated heterocycles. The van der Waals surface area contributed by atoms with Crippen LogP contribution in [0.1, 0.15) is 12.5 Å². The van der Waals surface area contributed by atoms with Gasteiger partial charge in [-0.25, -0.2) is 4.39 Å². The minimum atomic E-state index is -0.866. The molecule has 13 heavy (non-hydrogen) atoms. The van der Waals surface area contributed by atoms with E-state index in [1.807, 2.05) is 0 Å². The van der Waals surface area contributed by atoms with Crippen molar-refractivity contribution in [1.29, 1.82) is 0 Å². The van der Waals surface area contributed by atoms with Gasteiger partial charge in [-0.1, -0.05) is 11.6 Å². The van der Waals surface area contributed by atoms with Gasteiger partial charge < -0.3 is 11.5 Å².